The molecular weight excluding hydrogens is 358 g/mol. The predicted octanol–water partition coefficient (Wildman–Crippen LogP) is 3.68. The van der Waals surface area contributed by atoms with Crippen LogP contribution in [0.3, 0.4) is 0 Å². The van der Waals surface area contributed by atoms with Crippen molar-refractivity contribution in [2.75, 3.05) is 24.5 Å². The van der Waals surface area contributed by atoms with E-state index in [1.165, 1.54) is 0 Å². The molecule has 0 saturated heterocycles. The van der Waals surface area contributed by atoms with E-state index >= 15 is 0 Å². The topological polar surface area (TPSA) is 81.7 Å². The Labute approximate surface area is 162 Å². The van der Waals surface area contributed by atoms with Crippen molar-refractivity contribution < 1.29 is 19.0 Å². The molecule has 1 amide bonds. The lowest BCUT2D eigenvalue weighted by Gasteiger charge is -2.11. The van der Waals surface area contributed by atoms with E-state index in [9.17, 15) is 4.79 Å². The summed E-state index contributed by atoms with van der Waals surface area (Å²) in [5, 5.41) is 6.08. The van der Waals surface area contributed by atoms with Crippen LogP contribution in [0.2, 0.25) is 0 Å². The highest BCUT2D eigenvalue weighted by Gasteiger charge is 2.15. The lowest BCUT2D eigenvalue weighted by molar-refractivity contribution is 0.102. The van der Waals surface area contributed by atoms with Crippen LogP contribution in [0.1, 0.15) is 15.9 Å². The zero-order valence-corrected chi connectivity index (χ0v) is 15.3. The Hall–Kier alpha value is -3.74. The van der Waals surface area contributed by atoms with Gasteiger partial charge in [0.2, 0.25) is 6.79 Å². The van der Waals surface area contributed by atoms with Crippen LogP contribution in [0.4, 0.5) is 11.5 Å². The molecule has 7 heteroatoms. The summed E-state index contributed by atoms with van der Waals surface area (Å²) in [6.07, 6.45) is 1.60. The van der Waals surface area contributed by atoms with Gasteiger partial charge >= 0.3 is 0 Å². The molecule has 0 aliphatic carbocycles. The van der Waals surface area contributed by atoms with Crippen molar-refractivity contribution in [3.63, 3.8) is 0 Å². The lowest BCUT2D eigenvalue weighted by Crippen LogP contribution is -2.13. The second-order valence-corrected chi connectivity index (χ2v) is 6.12. The summed E-state index contributed by atoms with van der Waals surface area (Å²) < 4.78 is 16.0. The van der Waals surface area contributed by atoms with Gasteiger partial charge in [-0.3, -0.25) is 4.79 Å². The molecule has 1 aromatic heterocycles. The molecule has 142 valence electrons. The second kappa shape index (κ2) is 7.87. The first kappa shape index (κ1) is 17.7. The maximum Gasteiger partial charge on any atom is 0.255 e. The van der Waals surface area contributed by atoms with E-state index in [-0.39, 0.29) is 12.7 Å². The molecule has 2 aromatic carbocycles. The van der Waals surface area contributed by atoms with Crippen LogP contribution in [0.5, 0.6) is 17.2 Å². The van der Waals surface area contributed by atoms with Crippen molar-refractivity contribution in [1.29, 1.82) is 0 Å². The van der Waals surface area contributed by atoms with Gasteiger partial charge in [-0.2, -0.15) is 0 Å². The van der Waals surface area contributed by atoms with Gasteiger partial charge in [0.1, 0.15) is 11.6 Å². The van der Waals surface area contributed by atoms with E-state index in [0.717, 1.165) is 11.3 Å². The van der Waals surface area contributed by atoms with Gasteiger partial charge in [0.25, 0.3) is 5.91 Å². The number of fused-ring (bicyclic) bond motifs is 1. The van der Waals surface area contributed by atoms with E-state index in [0.29, 0.717) is 35.1 Å². The SMILES string of the molecule is COc1ccccc1CNc1cc(C(=O)Nc2ccc3c(c2)OCO3)ccn1. The number of benzene rings is 2. The van der Waals surface area contributed by atoms with Crippen molar-refractivity contribution in [3.05, 3.63) is 71.9 Å². The summed E-state index contributed by atoms with van der Waals surface area (Å²) in [5.41, 5.74) is 2.13. The first-order chi connectivity index (χ1) is 13.7. The van der Waals surface area contributed by atoms with Gasteiger partial charge in [-0.1, -0.05) is 18.2 Å². The number of para-hydroxylation sites is 1. The van der Waals surface area contributed by atoms with Crippen molar-refractivity contribution in [3.8, 4) is 17.2 Å². The zero-order valence-electron chi connectivity index (χ0n) is 15.3. The van der Waals surface area contributed by atoms with Gasteiger partial charge in [0, 0.05) is 35.6 Å². The number of hydrogen-bond donors (Lipinski definition) is 2. The highest BCUT2D eigenvalue weighted by Crippen LogP contribution is 2.34. The Morgan fingerprint density at radius 2 is 1.96 bits per heavy atom. The summed E-state index contributed by atoms with van der Waals surface area (Å²) in [6, 6.07) is 16.4. The van der Waals surface area contributed by atoms with Gasteiger partial charge in [-0.05, 0) is 30.3 Å². The molecule has 3 aromatic rings. The Kier molecular flexibility index (Phi) is 4.97. The summed E-state index contributed by atoms with van der Waals surface area (Å²) >= 11 is 0. The number of nitrogens with zero attached hydrogens (tertiary/aromatic N) is 1. The minimum absolute atomic E-state index is 0.193. The number of hydrogen-bond acceptors (Lipinski definition) is 6. The summed E-state index contributed by atoms with van der Waals surface area (Å²) in [5.74, 6) is 2.45. The van der Waals surface area contributed by atoms with E-state index in [1.807, 2.05) is 24.3 Å². The Morgan fingerprint density at radius 3 is 2.86 bits per heavy atom. The molecule has 0 spiro atoms. The average molecular weight is 377 g/mol. The Bertz CT molecular complexity index is 1010. The predicted molar refractivity (Wildman–Crippen MR) is 105 cm³/mol. The van der Waals surface area contributed by atoms with Crippen molar-refractivity contribution in [1.82, 2.24) is 4.98 Å². The van der Waals surface area contributed by atoms with Crippen molar-refractivity contribution in [2.45, 2.75) is 6.54 Å². The molecule has 0 radical (unpaired) electrons. The fraction of sp³-hybridized carbons (Fsp3) is 0.143. The van der Waals surface area contributed by atoms with E-state index in [4.69, 9.17) is 14.2 Å². The smallest absolute Gasteiger partial charge is 0.255 e. The zero-order chi connectivity index (χ0) is 19.3. The van der Waals surface area contributed by atoms with Crippen LogP contribution in [-0.2, 0) is 6.54 Å². The number of carbonyl (C=O) groups is 1. The standard InChI is InChI=1S/C21H19N3O4/c1-26-17-5-3-2-4-15(17)12-23-20-10-14(8-9-22-20)21(25)24-16-6-7-18-19(11-16)28-13-27-18/h2-11H,12-13H2,1H3,(H,22,23)(H,24,25). The molecule has 2 N–H and O–H groups in total. The highest BCUT2D eigenvalue weighted by atomic mass is 16.7. The van der Waals surface area contributed by atoms with Crippen LogP contribution in [-0.4, -0.2) is 24.8 Å². The van der Waals surface area contributed by atoms with Crippen LogP contribution in [0.15, 0.2) is 60.8 Å². The fourth-order valence-electron chi connectivity index (χ4n) is 2.88. The van der Waals surface area contributed by atoms with Crippen LogP contribution < -0.4 is 24.8 Å². The third-order valence-electron chi connectivity index (χ3n) is 4.31. The molecule has 28 heavy (non-hydrogen) atoms. The van der Waals surface area contributed by atoms with Gasteiger partial charge in [-0.15, -0.1) is 0 Å². The number of pyridine rings is 1. The Morgan fingerprint density at radius 1 is 1.11 bits per heavy atom. The van der Waals surface area contributed by atoms with E-state index < -0.39 is 0 Å². The second-order valence-electron chi connectivity index (χ2n) is 6.12. The molecule has 7 nitrogen and oxygen atoms in total. The van der Waals surface area contributed by atoms with Crippen LogP contribution in [0.25, 0.3) is 0 Å². The molecule has 4 rings (SSSR count). The number of amides is 1. The van der Waals surface area contributed by atoms with E-state index in [2.05, 4.69) is 15.6 Å². The molecule has 0 atom stereocenters. The minimum atomic E-state index is -0.235. The monoisotopic (exact) mass is 377 g/mol. The average Bonchev–Trinajstić information content (AvgIpc) is 3.20. The minimum Gasteiger partial charge on any atom is -0.496 e. The van der Waals surface area contributed by atoms with E-state index in [1.54, 1.807) is 43.6 Å². The third-order valence-corrected chi connectivity index (χ3v) is 4.31. The quantitative estimate of drug-likeness (QED) is 0.682. The fourth-order valence-corrected chi connectivity index (χ4v) is 2.88. The maximum absolute atomic E-state index is 12.6. The number of rotatable bonds is 6. The highest BCUT2D eigenvalue weighted by molar-refractivity contribution is 6.04. The summed E-state index contributed by atoms with van der Waals surface area (Å²) in [7, 11) is 1.64. The number of methoxy groups -OCH3 is 1. The summed E-state index contributed by atoms with van der Waals surface area (Å²) in [4.78, 5) is 16.9. The largest absolute Gasteiger partial charge is 0.496 e. The number of ether oxygens (including phenoxy) is 3. The lowest BCUT2D eigenvalue weighted by atomic mass is 10.2. The molecule has 0 fully saturated rings. The first-order valence-corrected chi connectivity index (χ1v) is 8.76. The van der Waals surface area contributed by atoms with Crippen LogP contribution in [0, 0.1) is 0 Å². The third kappa shape index (κ3) is 3.83. The van der Waals surface area contributed by atoms with Gasteiger partial charge < -0.3 is 24.8 Å². The summed E-state index contributed by atoms with van der Waals surface area (Å²) in [6.45, 7) is 0.725. The molecule has 1 aliphatic rings. The number of aromatic nitrogens is 1. The Balaban J connectivity index is 1.43. The molecule has 2 heterocycles. The van der Waals surface area contributed by atoms with Gasteiger partial charge in [-0.25, -0.2) is 4.98 Å². The first-order valence-electron chi connectivity index (χ1n) is 8.76. The van der Waals surface area contributed by atoms with Gasteiger partial charge in [0.05, 0.1) is 7.11 Å². The van der Waals surface area contributed by atoms with Crippen LogP contribution >= 0.6 is 0 Å². The number of carbonyl (C=O) groups excluding carboxylic acids is 1. The maximum atomic E-state index is 12.6. The van der Waals surface area contributed by atoms with Gasteiger partial charge in [0.15, 0.2) is 11.5 Å². The molecule has 0 unspecified atom stereocenters. The number of nitrogens with one attached hydrogen (secondary N) is 2. The van der Waals surface area contributed by atoms with Crippen molar-refractivity contribution >= 4 is 17.4 Å². The molecule has 0 saturated carbocycles. The molecular formula is C21H19N3O4. The van der Waals surface area contributed by atoms with Crippen molar-refractivity contribution in [2.24, 2.45) is 0 Å². The molecule has 1 aliphatic heterocycles. The number of anilines is 2. The molecule has 0 bridgehead atoms. The normalized spacial score (nSPS) is 11.8.